The Morgan fingerprint density at radius 3 is 2.80 bits per heavy atom. The molecule has 1 heterocycles. The maximum absolute atomic E-state index is 14.4. The van der Waals surface area contributed by atoms with Crippen LogP contribution in [0.3, 0.4) is 0 Å². The van der Waals surface area contributed by atoms with Crippen molar-refractivity contribution in [2.45, 2.75) is 19.8 Å². The quantitative estimate of drug-likeness (QED) is 0.611. The molecule has 130 valence electrons. The second kappa shape index (κ2) is 7.09. The van der Waals surface area contributed by atoms with Gasteiger partial charge >= 0.3 is 5.97 Å². The second-order valence-electron chi connectivity index (χ2n) is 6.41. The molecule has 0 saturated heterocycles. The number of halogens is 1. The molecule has 1 aliphatic heterocycles. The molecule has 1 aliphatic rings. The minimum absolute atomic E-state index is 0.265. The highest BCUT2D eigenvalue weighted by Crippen LogP contribution is 2.33. The summed E-state index contributed by atoms with van der Waals surface area (Å²) in [4.78, 5) is 13.7. The maximum atomic E-state index is 14.4. The standard InChI is InChI=1S/C21H22FNO2/c1-14(11-21(24)25-3)15-6-8-19(22)18(13-15)16-7-9-20-17(12-16)5-4-10-23(20)2/h6-9,11-13H,4-5,10H2,1-3H3/b14-11+. The van der Waals surface area contributed by atoms with Gasteiger partial charge in [0, 0.05) is 30.9 Å². The molecular formula is C21H22FNO2. The maximum Gasteiger partial charge on any atom is 0.330 e. The minimum Gasteiger partial charge on any atom is -0.466 e. The number of anilines is 1. The van der Waals surface area contributed by atoms with Gasteiger partial charge in [-0.1, -0.05) is 12.1 Å². The van der Waals surface area contributed by atoms with Crippen LogP contribution in [-0.2, 0) is 16.0 Å². The third kappa shape index (κ3) is 3.58. The number of benzene rings is 2. The number of methoxy groups -OCH3 is 1. The van der Waals surface area contributed by atoms with Crippen molar-refractivity contribution in [3.05, 3.63) is 59.4 Å². The first-order valence-corrected chi connectivity index (χ1v) is 8.40. The minimum atomic E-state index is -0.416. The van der Waals surface area contributed by atoms with Gasteiger partial charge < -0.3 is 9.64 Å². The van der Waals surface area contributed by atoms with Gasteiger partial charge in [-0.25, -0.2) is 9.18 Å². The van der Waals surface area contributed by atoms with Crippen LogP contribution >= 0.6 is 0 Å². The largest absolute Gasteiger partial charge is 0.466 e. The molecule has 0 atom stereocenters. The Kier molecular flexibility index (Phi) is 4.88. The third-order valence-electron chi connectivity index (χ3n) is 4.70. The fourth-order valence-corrected chi connectivity index (χ4v) is 3.26. The molecule has 4 heteroatoms. The Bertz CT molecular complexity index is 842. The topological polar surface area (TPSA) is 29.5 Å². The molecule has 3 rings (SSSR count). The fraction of sp³-hybridized carbons (Fsp3) is 0.286. The molecule has 0 amide bonds. The van der Waals surface area contributed by atoms with Crippen LogP contribution in [0.2, 0.25) is 0 Å². The highest BCUT2D eigenvalue weighted by molar-refractivity contribution is 5.91. The number of esters is 1. The smallest absolute Gasteiger partial charge is 0.330 e. The molecule has 0 spiro atoms. The zero-order valence-corrected chi connectivity index (χ0v) is 14.8. The highest BCUT2D eigenvalue weighted by atomic mass is 19.1. The Morgan fingerprint density at radius 2 is 2.04 bits per heavy atom. The number of fused-ring (bicyclic) bond motifs is 1. The van der Waals surface area contributed by atoms with E-state index in [1.54, 1.807) is 12.1 Å². The van der Waals surface area contributed by atoms with Crippen LogP contribution in [-0.4, -0.2) is 26.7 Å². The van der Waals surface area contributed by atoms with Crippen LogP contribution in [0.5, 0.6) is 0 Å². The molecule has 0 bridgehead atoms. The Balaban J connectivity index is 2.01. The summed E-state index contributed by atoms with van der Waals surface area (Å²) in [6.45, 7) is 2.86. The van der Waals surface area contributed by atoms with Gasteiger partial charge in [0.2, 0.25) is 0 Å². The summed E-state index contributed by atoms with van der Waals surface area (Å²) in [6, 6.07) is 11.0. The van der Waals surface area contributed by atoms with E-state index in [1.807, 2.05) is 13.0 Å². The van der Waals surface area contributed by atoms with Crippen LogP contribution in [0, 0.1) is 5.82 Å². The number of allylic oxidation sites excluding steroid dienone is 1. The van der Waals surface area contributed by atoms with Gasteiger partial charge in [0.25, 0.3) is 0 Å². The van der Waals surface area contributed by atoms with E-state index < -0.39 is 5.97 Å². The van der Waals surface area contributed by atoms with Crippen molar-refractivity contribution in [3.8, 4) is 11.1 Å². The lowest BCUT2D eigenvalue weighted by Gasteiger charge is -2.28. The summed E-state index contributed by atoms with van der Waals surface area (Å²) in [5.41, 5.74) is 5.42. The van der Waals surface area contributed by atoms with Gasteiger partial charge in [-0.05, 0) is 66.3 Å². The lowest BCUT2D eigenvalue weighted by Crippen LogP contribution is -2.24. The van der Waals surface area contributed by atoms with Gasteiger partial charge in [-0.2, -0.15) is 0 Å². The van der Waals surface area contributed by atoms with Crippen LogP contribution < -0.4 is 4.90 Å². The van der Waals surface area contributed by atoms with Crippen molar-refractivity contribution in [1.29, 1.82) is 0 Å². The highest BCUT2D eigenvalue weighted by Gasteiger charge is 2.16. The number of ether oxygens (including phenoxy) is 1. The average molecular weight is 339 g/mol. The van der Waals surface area contributed by atoms with Gasteiger partial charge in [0.1, 0.15) is 5.82 Å². The zero-order valence-electron chi connectivity index (χ0n) is 14.8. The van der Waals surface area contributed by atoms with E-state index in [-0.39, 0.29) is 5.82 Å². The Morgan fingerprint density at radius 1 is 1.24 bits per heavy atom. The Hall–Kier alpha value is -2.62. The van der Waals surface area contributed by atoms with Gasteiger partial charge in [-0.15, -0.1) is 0 Å². The molecule has 3 nitrogen and oxygen atoms in total. The summed E-state index contributed by atoms with van der Waals surface area (Å²) >= 11 is 0. The summed E-state index contributed by atoms with van der Waals surface area (Å²) in [5.74, 6) is -0.682. The van der Waals surface area contributed by atoms with Crippen molar-refractivity contribution in [2.24, 2.45) is 0 Å². The fourth-order valence-electron chi connectivity index (χ4n) is 3.26. The summed E-state index contributed by atoms with van der Waals surface area (Å²) in [6.07, 6.45) is 3.53. The van der Waals surface area contributed by atoms with Crippen LogP contribution in [0.25, 0.3) is 16.7 Å². The van der Waals surface area contributed by atoms with E-state index >= 15 is 0 Å². The number of hydrogen-bond donors (Lipinski definition) is 0. The Labute approximate surface area is 147 Å². The van der Waals surface area contributed by atoms with Crippen LogP contribution in [0.15, 0.2) is 42.5 Å². The van der Waals surface area contributed by atoms with E-state index in [1.165, 1.54) is 30.5 Å². The lowest BCUT2D eigenvalue weighted by molar-refractivity contribution is -0.134. The predicted octanol–water partition coefficient (Wildman–Crippen LogP) is 4.45. The van der Waals surface area contributed by atoms with E-state index in [2.05, 4.69) is 28.8 Å². The zero-order chi connectivity index (χ0) is 18.0. The van der Waals surface area contributed by atoms with Crippen LogP contribution in [0.1, 0.15) is 24.5 Å². The molecule has 0 aromatic heterocycles. The number of hydrogen-bond acceptors (Lipinski definition) is 3. The first-order valence-electron chi connectivity index (χ1n) is 8.40. The third-order valence-corrected chi connectivity index (χ3v) is 4.70. The second-order valence-corrected chi connectivity index (χ2v) is 6.41. The summed E-state index contributed by atoms with van der Waals surface area (Å²) in [5, 5.41) is 0. The summed E-state index contributed by atoms with van der Waals surface area (Å²) in [7, 11) is 3.42. The molecule has 0 fully saturated rings. The molecule has 0 saturated carbocycles. The van der Waals surface area contributed by atoms with E-state index in [9.17, 15) is 9.18 Å². The van der Waals surface area contributed by atoms with Crippen molar-refractivity contribution in [1.82, 2.24) is 0 Å². The first kappa shape index (κ1) is 17.2. The molecule has 0 unspecified atom stereocenters. The van der Waals surface area contributed by atoms with E-state index in [0.717, 1.165) is 36.1 Å². The number of nitrogens with zero attached hydrogens (tertiary/aromatic N) is 1. The van der Waals surface area contributed by atoms with Crippen molar-refractivity contribution < 1.29 is 13.9 Å². The van der Waals surface area contributed by atoms with Crippen molar-refractivity contribution in [2.75, 3.05) is 25.6 Å². The van der Waals surface area contributed by atoms with Crippen LogP contribution in [0.4, 0.5) is 10.1 Å². The molecule has 2 aromatic carbocycles. The van der Waals surface area contributed by atoms with Gasteiger partial charge in [0.15, 0.2) is 0 Å². The molecule has 0 aliphatic carbocycles. The number of aryl methyl sites for hydroxylation is 1. The van der Waals surface area contributed by atoms with E-state index in [4.69, 9.17) is 0 Å². The number of rotatable bonds is 3. The molecule has 25 heavy (non-hydrogen) atoms. The normalized spacial score (nSPS) is 14.2. The molecule has 0 radical (unpaired) electrons. The van der Waals surface area contributed by atoms with Crippen molar-refractivity contribution in [3.63, 3.8) is 0 Å². The van der Waals surface area contributed by atoms with Gasteiger partial charge in [-0.3, -0.25) is 0 Å². The lowest BCUT2D eigenvalue weighted by atomic mass is 9.94. The molecule has 2 aromatic rings. The predicted molar refractivity (Wildman–Crippen MR) is 99.1 cm³/mol. The average Bonchev–Trinajstić information content (AvgIpc) is 2.61. The SMILES string of the molecule is COC(=O)/C=C(\C)c1ccc(F)c(-c2ccc3c(c2)CCCN3C)c1. The molecular weight excluding hydrogens is 317 g/mol. The first-order chi connectivity index (χ1) is 12.0. The number of carbonyl (C=O) groups excluding carboxylic acids is 1. The summed E-state index contributed by atoms with van der Waals surface area (Å²) < 4.78 is 19.1. The van der Waals surface area contributed by atoms with E-state index in [0.29, 0.717) is 5.56 Å². The van der Waals surface area contributed by atoms with Crippen molar-refractivity contribution >= 4 is 17.2 Å². The number of carbonyl (C=O) groups is 1. The molecule has 0 N–H and O–H groups in total. The monoisotopic (exact) mass is 339 g/mol. The van der Waals surface area contributed by atoms with Gasteiger partial charge in [0.05, 0.1) is 7.11 Å².